The molecule has 0 aliphatic heterocycles. The average molecular weight is 247 g/mol. The summed E-state index contributed by atoms with van der Waals surface area (Å²) in [5.41, 5.74) is 8.10. The molecular formula is C14H21N3O. The predicted octanol–water partition coefficient (Wildman–Crippen LogP) is 3.03. The summed E-state index contributed by atoms with van der Waals surface area (Å²) < 4.78 is 5.74. The number of hydrogen-bond acceptors (Lipinski definition) is 4. The summed E-state index contributed by atoms with van der Waals surface area (Å²) in [4.78, 5) is 6.84. The first kappa shape index (κ1) is 12.9. The zero-order chi connectivity index (χ0) is 13.1. The Morgan fingerprint density at radius 1 is 1.39 bits per heavy atom. The Labute approximate surface area is 108 Å². The normalized spacial score (nSPS) is 11.8. The maximum Gasteiger partial charge on any atom is 0.209 e. The molecule has 0 spiro atoms. The van der Waals surface area contributed by atoms with Crippen LogP contribution < -0.4 is 5.73 Å². The lowest BCUT2D eigenvalue weighted by Gasteiger charge is -2.24. The molecule has 0 unspecified atom stereocenters. The SMILES string of the molecule is CCCN(Cc1nc2cc(N)ccc2o1)C(C)C. The number of aromatic nitrogens is 1. The molecule has 0 saturated heterocycles. The molecule has 0 amide bonds. The van der Waals surface area contributed by atoms with Crippen molar-refractivity contribution in [3.63, 3.8) is 0 Å². The Kier molecular flexibility index (Phi) is 3.87. The first-order valence-electron chi connectivity index (χ1n) is 6.49. The lowest BCUT2D eigenvalue weighted by Crippen LogP contribution is -2.31. The summed E-state index contributed by atoms with van der Waals surface area (Å²) in [7, 11) is 0. The fraction of sp³-hybridized carbons (Fsp3) is 0.500. The molecule has 2 rings (SSSR count). The number of fused-ring (bicyclic) bond motifs is 1. The molecule has 2 N–H and O–H groups in total. The van der Waals surface area contributed by atoms with Gasteiger partial charge in [-0.1, -0.05) is 6.92 Å². The van der Waals surface area contributed by atoms with Crippen LogP contribution in [-0.4, -0.2) is 22.5 Å². The monoisotopic (exact) mass is 247 g/mol. The van der Waals surface area contributed by atoms with Gasteiger partial charge in [-0.2, -0.15) is 0 Å². The second kappa shape index (κ2) is 5.40. The van der Waals surface area contributed by atoms with Crippen molar-refractivity contribution in [2.75, 3.05) is 12.3 Å². The summed E-state index contributed by atoms with van der Waals surface area (Å²) in [5, 5.41) is 0. The zero-order valence-electron chi connectivity index (χ0n) is 11.3. The van der Waals surface area contributed by atoms with E-state index in [9.17, 15) is 0 Å². The van der Waals surface area contributed by atoms with Crippen molar-refractivity contribution < 1.29 is 4.42 Å². The topological polar surface area (TPSA) is 55.3 Å². The molecule has 1 heterocycles. The molecule has 0 atom stereocenters. The smallest absolute Gasteiger partial charge is 0.209 e. The highest BCUT2D eigenvalue weighted by Crippen LogP contribution is 2.19. The number of nitrogen functional groups attached to an aromatic ring is 1. The minimum Gasteiger partial charge on any atom is -0.439 e. The van der Waals surface area contributed by atoms with Gasteiger partial charge in [-0.15, -0.1) is 0 Å². The minimum atomic E-state index is 0.491. The van der Waals surface area contributed by atoms with E-state index in [1.807, 2.05) is 18.2 Å². The lowest BCUT2D eigenvalue weighted by molar-refractivity contribution is 0.195. The van der Waals surface area contributed by atoms with Crippen LogP contribution in [0.4, 0.5) is 5.69 Å². The van der Waals surface area contributed by atoms with Crippen molar-refractivity contribution in [2.45, 2.75) is 39.8 Å². The van der Waals surface area contributed by atoms with Gasteiger partial charge in [0.1, 0.15) is 5.52 Å². The first-order chi connectivity index (χ1) is 8.60. The van der Waals surface area contributed by atoms with Crippen molar-refractivity contribution in [2.24, 2.45) is 0 Å². The lowest BCUT2D eigenvalue weighted by atomic mass is 10.3. The number of nitrogens with zero attached hydrogens (tertiary/aromatic N) is 2. The number of nitrogens with two attached hydrogens (primary N) is 1. The fourth-order valence-electron chi connectivity index (χ4n) is 2.04. The molecule has 1 aromatic carbocycles. The van der Waals surface area contributed by atoms with E-state index in [0.717, 1.165) is 42.2 Å². The molecule has 2 aromatic rings. The van der Waals surface area contributed by atoms with E-state index in [2.05, 4.69) is 30.7 Å². The van der Waals surface area contributed by atoms with Gasteiger partial charge in [0.2, 0.25) is 5.89 Å². The van der Waals surface area contributed by atoms with E-state index in [1.54, 1.807) is 0 Å². The van der Waals surface area contributed by atoms with Crippen LogP contribution in [-0.2, 0) is 6.54 Å². The number of rotatable bonds is 5. The van der Waals surface area contributed by atoms with Crippen molar-refractivity contribution in [1.82, 2.24) is 9.88 Å². The van der Waals surface area contributed by atoms with Crippen molar-refractivity contribution >= 4 is 16.8 Å². The van der Waals surface area contributed by atoms with Gasteiger partial charge in [-0.05, 0) is 45.0 Å². The van der Waals surface area contributed by atoms with Crippen LogP contribution in [0.25, 0.3) is 11.1 Å². The van der Waals surface area contributed by atoms with Crippen LogP contribution in [0.3, 0.4) is 0 Å². The van der Waals surface area contributed by atoms with E-state index in [1.165, 1.54) is 0 Å². The van der Waals surface area contributed by atoms with E-state index in [-0.39, 0.29) is 0 Å². The molecule has 1 aromatic heterocycles. The summed E-state index contributed by atoms with van der Waals surface area (Å²) >= 11 is 0. The number of anilines is 1. The molecule has 0 bridgehead atoms. The van der Waals surface area contributed by atoms with Gasteiger partial charge in [0, 0.05) is 11.7 Å². The zero-order valence-corrected chi connectivity index (χ0v) is 11.3. The quantitative estimate of drug-likeness (QED) is 0.825. The molecular weight excluding hydrogens is 226 g/mol. The second-order valence-corrected chi connectivity index (χ2v) is 4.90. The van der Waals surface area contributed by atoms with Crippen molar-refractivity contribution in [3.8, 4) is 0 Å². The third-order valence-electron chi connectivity index (χ3n) is 3.04. The fourth-order valence-corrected chi connectivity index (χ4v) is 2.04. The van der Waals surface area contributed by atoms with Gasteiger partial charge < -0.3 is 10.2 Å². The highest BCUT2D eigenvalue weighted by atomic mass is 16.3. The van der Waals surface area contributed by atoms with Crippen LogP contribution >= 0.6 is 0 Å². The average Bonchev–Trinajstić information content (AvgIpc) is 2.69. The summed E-state index contributed by atoms with van der Waals surface area (Å²) in [6.07, 6.45) is 1.13. The number of benzene rings is 1. The van der Waals surface area contributed by atoms with E-state index < -0.39 is 0 Å². The molecule has 0 radical (unpaired) electrons. The molecule has 18 heavy (non-hydrogen) atoms. The molecule has 4 nitrogen and oxygen atoms in total. The van der Waals surface area contributed by atoms with E-state index >= 15 is 0 Å². The van der Waals surface area contributed by atoms with Gasteiger partial charge in [-0.3, -0.25) is 4.90 Å². The van der Waals surface area contributed by atoms with Gasteiger partial charge in [0.05, 0.1) is 6.54 Å². The number of oxazole rings is 1. The summed E-state index contributed by atoms with van der Waals surface area (Å²) in [5.74, 6) is 0.762. The van der Waals surface area contributed by atoms with E-state index in [4.69, 9.17) is 10.2 Å². The van der Waals surface area contributed by atoms with Gasteiger partial charge in [0.15, 0.2) is 5.58 Å². The standard InChI is InChI=1S/C14H21N3O/c1-4-7-17(10(2)3)9-14-16-12-8-11(15)5-6-13(12)18-14/h5-6,8,10H,4,7,9,15H2,1-3H3. The van der Waals surface area contributed by atoms with Crippen molar-refractivity contribution in [1.29, 1.82) is 0 Å². The summed E-state index contributed by atoms with van der Waals surface area (Å²) in [6, 6.07) is 6.05. The molecule has 4 heteroatoms. The van der Waals surface area contributed by atoms with Gasteiger partial charge in [0.25, 0.3) is 0 Å². The Morgan fingerprint density at radius 2 is 2.17 bits per heavy atom. The molecule has 0 saturated carbocycles. The van der Waals surface area contributed by atoms with Crippen LogP contribution in [0, 0.1) is 0 Å². The summed E-state index contributed by atoms with van der Waals surface area (Å²) in [6.45, 7) is 8.37. The minimum absolute atomic E-state index is 0.491. The Balaban J connectivity index is 2.20. The maximum atomic E-state index is 5.74. The molecule has 0 aliphatic rings. The molecule has 98 valence electrons. The van der Waals surface area contributed by atoms with E-state index in [0.29, 0.717) is 6.04 Å². The van der Waals surface area contributed by atoms with Crippen molar-refractivity contribution in [3.05, 3.63) is 24.1 Å². The second-order valence-electron chi connectivity index (χ2n) is 4.90. The highest BCUT2D eigenvalue weighted by molar-refractivity contribution is 5.76. The third kappa shape index (κ3) is 2.82. The van der Waals surface area contributed by atoms with Crippen LogP contribution in [0.5, 0.6) is 0 Å². The first-order valence-corrected chi connectivity index (χ1v) is 6.49. The van der Waals surface area contributed by atoms with Crippen LogP contribution in [0.15, 0.2) is 22.6 Å². The maximum absolute atomic E-state index is 5.74. The highest BCUT2D eigenvalue weighted by Gasteiger charge is 2.13. The number of hydrogen-bond donors (Lipinski definition) is 1. The Bertz CT molecular complexity index is 519. The van der Waals surface area contributed by atoms with Gasteiger partial charge in [-0.25, -0.2) is 4.98 Å². The van der Waals surface area contributed by atoms with Gasteiger partial charge >= 0.3 is 0 Å². The Hall–Kier alpha value is -1.55. The third-order valence-corrected chi connectivity index (χ3v) is 3.04. The molecule has 0 aliphatic carbocycles. The van der Waals surface area contributed by atoms with Crippen LogP contribution in [0.2, 0.25) is 0 Å². The largest absolute Gasteiger partial charge is 0.439 e. The van der Waals surface area contributed by atoms with Crippen LogP contribution in [0.1, 0.15) is 33.1 Å². The predicted molar refractivity (Wildman–Crippen MR) is 74.3 cm³/mol. The Morgan fingerprint density at radius 3 is 2.83 bits per heavy atom. The molecule has 0 fully saturated rings.